The van der Waals surface area contributed by atoms with Crippen molar-refractivity contribution in [1.82, 2.24) is 0 Å². The molecule has 8 heteroatoms. The second kappa shape index (κ2) is 4.93. The van der Waals surface area contributed by atoms with Gasteiger partial charge in [0.15, 0.2) is 0 Å². The Morgan fingerprint density at radius 1 is 1.24 bits per heavy atom. The van der Waals surface area contributed by atoms with Crippen LogP contribution in [-0.2, 0) is 4.79 Å². The first-order chi connectivity index (χ1) is 7.75. The van der Waals surface area contributed by atoms with Gasteiger partial charge in [0.25, 0.3) is 0 Å². The van der Waals surface area contributed by atoms with Crippen molar-refractivity contribution in [3.63, 3.8) is 0 Å². The van der Waals surface area contributed by atoms with Gasteiger partial charge in [0.2, 0.25) is 0 Å². The van der Waals surface area contributed by atoms with Crippen LogP contribution in [-0.4, -0.2) is 18.4 Å². The molecule has 0 bridgehead atoms. The molecule has 3 nitrogen and oxygen atoms in total. The van der Waals surface area contributed by atoms with Crippen molar-refractivity contribution in [1.29, 1.82) is 0 Å². The Morgan fingerprint density at radius 3 is 2.06 bits per heavy atom. The number of carbonyl (C=O) groups excluding carboxylic acids is 2. The molecule has 0 saturated heterocycles. The Bertz CT molecular complexity index is 451. The van der Waals surface area contributed by atoms with Gasteiger partial charge < -0.3 is 5.32 Å². The molecule has 0 aliphatic carbocycles. The van der Waals surface area contributed by atoms with Crippen molar-refractivity contribution in [2.45, 2.75) is 6.18 Å². The normalized spacial score (nSPS) is 11.1. The van der Waals surface area contributed by atoms with Gasteiger partial charge in [0, 0.05) is 5.56 Å². The van der Waals surface area contributed by atoms with Gasteiger partial charge in [0.05, 0.1) is 15.7 Å². The monoisotopic (exact) mass is 285 g/mol. The molecule has 1 rings (SSSR count). The number of benzene rings is 1. The Morgan fingerprint density at radius 2 is 1.71 bits per heavy atom. The fraction of sp³-hybridized carbons (Fsp3) is 0.111. The number of nitrogens with one attached hydrogen (secondary N) is 1. The Balaban J connectivity index is 3.08. The summed E-state index contributed by atoms with van der Waals surface area (Å²) in [5, 5.41) is 1.02. The lowest BCUT2D eigenvalue weighted by Crippen LogP contribution is -2.30. The average molecular weight is 286 g/mol. The van der Waals surface area contributed by atoms with Crippen LogP contribution in [0.25, 0.3) is 0 Å². The van der Waals surface area contributed by atoms with Crippen molar-refractivity contribution in [3.05, 3.63) is 27.7 Å². The summed E-state index contributed by atoms with van der Waals surface area (Å²) < 4.78 is 36.0. The number of halogens is 5. The highest BCUT2D eigenvalue weighted by Crippen LogP contribution is 2.32. The topological polar surface area (TPSA) is 46.2 Å². The second-order valence-corrected chi connectivity index (χ2v) is 3.74. The first-order valence-electron chi connectivity index (χ1n) is 4.08. The maximum atomic E-state index is 12.0. The van der Waals surface area contributed by atoms with E-state index < -0.39 is 12.1 Å². The van der Waals surface area contributed by atoms with Crippen LogP contribution in [0.4, 0.5) is 18.9 Å². The lowest BCUT2D eigenvalue weighted by molar-refractivity contribution is -0.167. The minimum Gasteiger partial charge on any atom is -0.316 e. The minimum atomic E-state index is -5.05. The molecule has 0 spiro atoms. The van der Waals surface area contributed by atoms with Gasteiger partial charge in [-0.3, -0.25) is 9.59 Å². The summed E-state index contributed by atoms with van der Waals surface area (Å²) in [6, 6.07) is 2.18. The summed E-state index contributed by atoms with van der Waals surface area (Å²) in [4.78, 5) is 21.1. The van der Waals surface area contributed by atoms with Crippen LogP contribution < -0.4 is 5.32 Å². The smallest absolute Gasteiger partial charge is 0.316 e. The first-order valence-corrected chi connectivity index (χ1v) is 4.83. The fourth-order valence-corrected chi connectivity index (χ4v) is 1.56. The number of alkyl halides is 3. The minimum absolute atomic E-state index is 0.0880. The van der Waals surface area contributed by atoms with Crippen LogP contribution in [0.1, 0.15) is 10.4 Å². The molecule has 0 aliphatic rings. The molecule has 1 N–H and O–H groups in total. The van der Waals surface area contributed by atoms with Crippen LogP contribution >= 0.6 is 23.2 Å². The van der Waals surface area contributed by atoms with Crippen LogP contribution in [0.3, 0.4) is 0 Å². The van der Waals surface area contributed by atoms with Gasteiger partial charge in [-0.15, -0.1) is 0 Å². The summed E-state index contributed by atoms with van der Waals surface area (Å²) >= 11 is 11.2. The summed E-state index contributed by atoms with van der Waals surface area (Å²) in [5.74, 6) is -2.19. The number of aldehydes is 1. The summed E-state index contributed by atoms with van der Waals surface area (Å²) in [6.45, 7) is 0. The molecule has 0 saturated carbocycles. The zero-order valence-corrected chi connectivity index (χ0v) is 9.45. The van der Waals surface area contributed by atoms with E-state index in [-0.39, 0.29) is 21.3 Å². The number of carbonyl (C=O) groups is 2. The first kappa shape index (κ1) is 13.8. The average Bonchev–Trinajstić information content (AvgIpc) is 2.21. The van der Waals surface area contributed by atoms with E-state index in [1.165, 1.54) is 5.32 Å². The van der Waals surface area contributed by atoms with Gasteiger partial charge in [-0.05, 0) is 12.1 Å². The predicted molar refractivity (Wildman–Crippen MR) is 56.5 cm³/mol. The Labute approximate surface area is 104 Å². The van der Waals surface area contributed by atoms with Crippen molar-refractivity contribution in [2.75, 3.05) is 5.32 Å². The van der Waals surface area contributed by atoms with E-state index in [1.54, 1.807) is 0 Å². The van der Waals surface area contributed by atoms with Gasteiger partial charge in [-0.1, -0.05) is 23.2 Å². The molecule has 0 atom stereocenters. The van der Waals surface area contributed by atoms with E-state index >= 15 is 0 Å². The maximum absolute atomic E-state index is 12.0. The van der Waals surface area contributed by atoms with Gasteiger partial charge in [-0.2, -0.15) is 13.2 Å². The molecule has 1 amide bonds. The van der Waals surface area contributed by atoms with Crippen molar-refractivity contribution >= 4 is 41.1 Å². The third kappa shape index (κ3) is 3.34. The summed E-state index contributed by atoms with van der Waals surface area (Å²) in [5.41, 5.74) is -0.300. The molecule has 17 heavy (non-hydrogen) atoms. The number of hydrogen-bond acceptors (Lipinski definition) is 2. The molecular formula is C9H4Cl2F3NO2. The largest absolute Gasteiger partial charge is 0.471 e. The quantitative estimate of drug-likeness (QED) is 0.848. The molecule has 0 heterocycles. The van der Waals surface area contributed by atoms with E-state index in [2.05, 4.69) is 0 Å². The number of anilines is 1. The van der Waals surface area contributed by atoms with E-state index in [0.29, 0.717) is 6.29 Å². The van der Waals surface area contributed by atoms with Crippen molar-refractivity contribution in [2.24, 2.45) is 0 Å². The summed E-state index contributed by atoms with van der Waals surface area (Å²) in [6.07, 6.45) is -4.62. The van der Waals surface area contributed by atoms with Crippen LogP contribution in [0, 0.1) is 0 Å². The molecular weight excluding hydrogens is 282 g/mol. The molecule has 1 aromatic rings. The lowest BCUT2D eigenvalue weighted by Gasteiger charge is -2.11. The van der Waals surface area contributed by atoms with Crippen molar-refractivity contribution < 1.29 is 22.8 Å². The van der Waals surface area contributed by atoms with E-state index in [1.807, 2.05) is 0 Å². The SMILES string of the molecule is O=Cc1cc(Cl)c(NC(=O)C(F)(F)F)c(Cl)c1. The maximum Gasteiger partial charge on any atom is 0.471 e. The molecule has 0 aromatic heterocycles. The lowest BCUT2D eigenvalue weighted by atomic mass is 10.2. The summed E-state index contributed by atoms with van der Waals surface area (Å²) in [7, 11) is 0. The molecule has 1 aromatic carbocycles. The molecule has 92 valence electrons. The van der Waals surface area contributed by atoms with Crippen LogP contribution in [0.15, 0.2) is 12.1 Å². The molecule has 0 fully saturated rings. The van der Waals surface area contributed by atoms with Crippen LogP contribution in [0.2, 0.25) is 10.0 Å². The van der Waals surface area contributed by atoms with Crippen LogP contribution in [0.5, 0.6) is 0 Å². The Hall–Kier alpha value is -1.27. The zero-order chi connectivity index (χ0) is 13.2. The number of amides is 1. The highest BCUT2D eigenvalue weighted by atomic mass is 35.5. The van der Waals surface area contributed by atoms with E-state index in [4.69, 9.17) is 23.2 Å². The number of rotatable bonds is 2. The van der Waals surface area contributed by atoms with Gasteiger partial charge >= 0.3 is 12.1 Å². The third-order valence-electron chi connectivity index (χ3n) is 1.70. The van der Waals surface area contributed by atoms with Gasteiger partial charge in [0.1, 0.15) is 6.29 Å². The second-order valence-electron chi connectivity index (χ2n) is 2.93. The molecule has 0 aliphatic heterocycles. The van der Waals surface area contributed by atoms with Gasteiger partial charge in [-0.25, -0.2) is 0 Å². The third-order valence-corrected chi connectivity index (χ3v) is 2.29. The highest BCUT2D eigenvalue weighted by Gasteiger charge is 2.39. The zero-order valence-electron chi connectivity index (χ0n) is 7.94. The highest BCUT2D eigenvalue weighted by molar-refractivity contribution is 6.40. The molecule has 0 radical (unpaired) electrons. The van der Waals surface area contributed by atoms with Crippen molar-refractivity contribution in [3.8, 4) is 0 Å². The standard InChI is InChI=1S/C9H4Cl2F3NO2/c10-5-1-4(3-16)2-6(11)7(5)15-8(17)9(12,13)14/h1-3H,(H,15,17). The Kier molecular flexibility index (Phi) is 4.00. The van der Waals surface area contributed by atoms with E-state index in [0.717, 1.165) is 12.1 Å². The van der Waals surface area contributed by atoms with E-state index in [9.17, 15) is 22.8 Å². The molecule has 0 unspecified atom stereocenters. The predicted octanol–water partition coefficient (Wildman–Crippen LogP) is 3.31. The number of hydrogen-bond donors (Lipinski definition) is 1. The fourth-order valence-electron chi connectivity index (χ4n) is 0.965.